The van der Waals surface area contributed by atoms with Crippen molar-refractivity contribution in [2.75, 3.05) is 26.2 Å². The van der Waals surface area contributed by atoms with Crippen LogP contribution in [0, 0.1) is 11.6 Å². The third-order valence-corrected chi connectivity index (χ3v) is 5.72. The van der Waals surface area contributed by atoms with Gasteiger partial charge in [0.15, 0.2) is 0 Å². The molecule has 154 valence electrons. The Balaban J connectivity index is 1.54. The van der Waals surface area contributed by atoms with E-state index in [0.29, 0.717) is 31.7 Å². The summed E-state index contributed by atoms with van der Waals surface area (Å²) in [5, 5.41) is 0. The molecule has 0 spiro atoms. The molecule has 30 heavy (non-hydrogen) atoms. The standard InChI is InChI=1S/C23H20BrF2N3O/c24-19-13-18(14-27-15-19)23(30)29-11-9-28(10-12-29)22(16-1-5-20(25)6-2-16)17-3-7-21(26)8-4-17/h1-8,13-15,22H,9-12H2. The summed E-state index contributed by atoms with van der Waals surface area (Å²) in [7, 11) is 0. The largest absolute Gasteiger partial charge is 0.336 e. The summed E-state index contributed by atoms with van der Waals surface area (Å²) in [5.74, 6) is -0.645. The molecule has 2 heterocycles. The minimum Gasteiger partial charge on any atom is -0.336 e. The molecule has 1 aliphatic heterocycles. The molecule has 1 aliphatic rings. The molecule has 0 bridgehead atoms. The Labute approximate surface area is 182 Å². The van der Waals surface area contributed by atoms with Gasteiger partial charge < -0.3 is 4.90 Å². The Kier molecular flexibility index (Phi) is 6.20. The van der Waals surface area contributed by atoms with Gasteiger partial charge in [-0.15, -0.1) is 0 Å². The van der Waals surface area contributed by atoms with Crippen molar-refractivity contribution >= 4 is 21.8 Å². The molecule has 2 aromatic carbocycles. The van der Waals surface area contributed by atoms with Crippen LogP contribution >= 0.6 is 15.9 Å². The summed E-state index contributed by atoms with van der Waals surface area (Å²) in [4.78, 5) is 20.9. The second kappa shape index (κ2) is 9.02. The summed E-state index contributed by atoms with van der Waals surface area (Å²) >= 11 is 3.35. The average molecular weight is 472 g/mol. The normalized spacial score (nSPS) is 14.9. The zero-order valence-electron chi connectivity index (χ0n) is 16.1. The molecular weight excluding hydrogens is 452 g/mol. The molecule has 4 rings (SSSR count). The number of aromatic nitrogens is 1. The van der Waals surface area contributed by atoms with E-state index in [0.717, 1.165) is 15.6 Å². The lowest BCUT2D eigenvalue weighted by atomic mass is 9.96. The lowest BCUT2D eigenvalue weighted by Gasteiger charge is -2.39. The zero-order valence-corrected chi connectivity index (χ0v) is 17.7. The highest BCUT2D eigenvalue weighted by Gasteiger charge is 2.29. The number of halogens is 3. The Bertz CT molecular complexity index is 974. The highest BCUT2D eigenvalue weighted by molar-refractivity contribution is 9.10. The SMILES string of the molecule is O=C(c1cncc(Br)c1)N1CCN(C(c2ccc(F)cc2)c2ccc(F)cc2)CC1. The number of piperazine rings is 1. The van der Waals surface area contributed by atoms with Gasteiger partial charge >= 0.3 is 0 Å². The van der Waals surface area contributed by atoms with E-state index in [4.69, 9.17) is 0 Å². The number of carbonyl (C=O) groups is 1. The van der Waals surface area contributed by atoms with Gasteiger partial charge in [0.2, 0.25) is 0 Å². The number of amides is 1. The van der Waals surface area contributed by atoms with E-state index in [9.17, 15) is 13.6 Å². The fourth-order valence-corrected chi connectivity index (χ4v) is 4.16. The number of nitrogens with zero attached hydrogens (tertiary/aromatic N) is 3. The van der Waals surface area contributed by atoms with Crippen LogP contribution in [0.25, 0.3) is 0 Å². The molecule has 0 saturated carbocycles. The van der Waals surface area contributed by atoms with Gasteiger partial charge in [0, 0.05) is 43.0 Å². The quantitative estimate of drug-likeness (QED) is 0.554. The molecule has 0 radical (unpaired) electrons. The molecule has 1 aromatic heterocycles. The lowest BCUT2D eigenvalue weighted by molar-refractivity contribution is 0.0596. The van der Waals surface area contributed by atoms with Crippen molar-refractivity contribution in [2.45, 2.75) is 6.04 Å². The molecule has 0 atom stereocenters. The fraction of sp³-hybridized carbons (Fsp3) is 0.217. The minimum absolute atomic E-state index is 0.0523. The van der Waals surface area contributed by atoms with Gasteiger partial charge in [0.25, 0.3) is 5.91 Å². The number of rotatable bonds is 4. The maximum absolute atomic E-state index is 13.5. The summed E-state index contributed by atoms with van der Waals surface area (Å²) in [6, 6.07) is 14.4. The second-order valence-corrected chi connectivity index (χ2v) is 8.14. The first-order valence-electron chi connectivity index (χ1n) is 9.66. The molecule has 3 aromatic rings. The van der Waals surface area contributed by atoms with Gasteiger partial charge in [0.1, 0.15) is 11.6 Å². The van der Waals surface area contributed by atoms with E-state index in [1.807, 2.05) is 4.90 Å². The average Bonchev–Trinajstić information content (AvgIpc) is 2.76. The summed E-state index contributed by atoms with van der Waals surface area (Å²) in [6.07, 6.45) is 3.21. The number of carbonyl (C=O) groups excluding carboxylic acids is 1. The predicted octanol–water partition coefficient (Wildman–Crippen LogP) is 4.67. The molecule has 0 aliphatic carbocycles. The number of benzene rings is 2. The fourth-order valence-electron chi connectivity index (χ4n) is 3.80. The zero-order chi connectivity index (χ0) is 21.1. The third kappa shape index (κ3) is 4.57. The molecule has 1 amide bonds. The summed E-state index contributed by atoms with van der Waals surface area (Å²) in [5.41, 5.74) is 2.41. The van der Waals surface area contributed by atoms with Crippen molar-refractivity contribution in [1.82, 2.24) is 14.8 Å². The highest BCUT2D eigenvalue weighted by atomic mass is 79.9. The van der Waals surface area contributed by atoms with Crippen LogP contribution in [0.5, 0.6) is 0 Å². The Morgan fingerprint density at radius 2 is 1.40 bits per heavy atom. The van der Waals surface area contributed by atoms with Gasteiger partial charge in [-0.2, -0.15) is 0 Å². The number of hydrogen-bond donors (Lipinski definition) is 0. The van der Waals surface area contributed by atoms with Crippen molar-refractivity contribution in [3.8, 4) is 0 Å². The smallest absolute Gasteiger partial charge is 0.255 e. The Morgan fingerprint density at radius 1 is 0.867 bits per heavy atom. The van der Waals surface area contributed by atoms with E-state index in [-0.39, 0.29) is 23.6 Å². The molecule has 1 saturated heterocycles. The molecular formula is C23H20BrF2N3O. The van der Waals surface area contributed by atoms with E-state index in [1.165, 1.54) is 24.3 Å². The first kappa shape index (κ1) is 20.6. The van der Waals surface area contributed by atoms with Crippen LogP contribution in [0.3, 0.4) is 0 Å². The minimum atomic E-state index is -0.297. The van der Waals surface area contributed by atoms with Gasteiger partial charge in [0.05, 0.1) is 11.6 Å². The lowest BCUT2D eigenvalue weighted by Crippen LogP contribution is -2.49. The second-order valence-electron chi connectivity index (χ2n) is 7.23. The van der Waals surface area contributed by atoms with Crippen molar-refractivity contribution in [2.24, 2.45) is 0 Å². The maximum Gasteiger partial charge on any atom is 0.255 e. The molecule has 0 unspecified atom stereocenters. The van der Waals surface area contributed by atoms with Crippen molar-refractivity contribution < 1.29 is 13.6 Å². The Hall–Kier alpha value is -2.64. The van der Waals surface area contributed by atoms with E-state index in [1.54, 1.807) is 42.7 Å². The molecule has 1 fully saturated rings. The van der Waals surface area contributed by atoms with Crippen molar-refractivity contribution in [3.63, 3.8) is 0 Å². The Morgan fingerprint density at radius 3 is 1.90 bits per heavy atom. The van der Waals surface area contributed by atoms with Crippen LogP contribution in [-0.2, 0) is 0 Å². The first-order valence-corrected chi connectivity index (χ1v) is 10.5. The van der Waals surface area contributed by atoms with E-state index < -0.39 is 0 Å². The van der Waals surface area contributed by atoms with Gasteiger partial charge in [-0.3, -0.25) is 14.7 Å². The van der Waals surface area contributed by atoms with Crippen LogP contribution in [0.2, 0.25) is 0 Å². The van der Waals surface area contributed by atoms with Gasteiger partial charge in [-0.05, 0) is 57.4 Å². The first-order chi connectivity index (χ1) is 14.5. The van der Waals surface area contributed by atoms with Crippen LogP contribution in [-0.4, -0.2) is 46.9 Å². The van der Waals surface area contributed by atoms with Gasteiger partial charge in [-0.25, -0.2) is 8.78 Å². The molecule has 7 heteroatoms. The predicted molar refractivity (Wildman–Crippen MR) is 114 cm³/mol. The summed E-state index contributed by atoms with van der Waals surface area (Å²) < 4.78 is 27.7. The van der Waals surface area contributed by atoms with E-state index in [2.05, 4.69) is 25.8 Å². The monoisotopic (exact) mass is 471 g/mol. The molecule has 0 N–H and O–H groups in total. The number of pyridine rings is 1. The van der Waals surface area contributed by atoms with Crippen LogP contribution in [0.4, 0.5) is 8.78 Å². The van der Waals surface area contributed by atoms with Gasteiger partial charge in [-0.1, -0.05) is 24.3 Å². The maximum atomic E-state index is 13.5. The summed E-state index contributed by atoms with van der Waals surface area (Å²) in [6.45, 7) is 2.41. The topological polar surface area (TPSA) is 36.4 Å². The molecule has 4 nitrogen and oxygen atoms in total. The third-order valence-electron chi connectivity index (χ3n) is 5.29. The van der Waals surface area contributed by atoms with E-state index >= 15 is 0 Å². The van der Waals surface area contributed by atoms with Crippen LogP contribution in [0.15, 0.2) is 71.5 Å². The number of hydrogen-bond acceptors (Lipinski definition) is 3. The van der Waals surface area contributed by atoms with Crippen LogP contribution in [0.1, 0.15) is 27.5 Å². The highest BCUT2D eigenvalue weighted by Crippen LogP contribution is 2.30. The van der Waals surface area contributed by atoms with Crippen molar-refractivity contribution in [3.05, 3.63) is 99.8 Å². The van der Waals surface area contributed by atoms with Crippen LogP contribution < -0.4 is 0 Å². The van der Waals surface area contributed by atoms with Crippen molar-refractivity contribution in [1.29, 1.82) is 0 Å².